The van der Waals surface area contributed by atoms with Gasteiger partial charge in [-0.25, -0.2) is 4.98 Å². The zero-order valence-electron chi connectivity index (χ0n) is 9.46. The second-order valence-corrected chi connectivity index (χ2v) is 3.39. The minimum absolute atomic E-state index is 0.122. The van der Waals surface area contributed by atoms with Crippen molar-refractivity contribution >= 4 is 5.82 Å². The molecule has 2 aromatic rings. The molecule has 7 nitrogen and oxygen atoms in total. The summed E-state index contributed by atoms with van der Waals surface area (Å²) in [5.74, 6) is 0.946. The fraction of sp³-hybridized carbons (Fsp3) is 0.400. The van der Waals surface area contributed by atoms with Gasteiger partial charge in [0.25, 0.3) is 5.56 Å². The predicted molar refractivity (Wildman–Crippen MR) is 60.7 cm³/mol. The average molecular weight is 235 g/mol. The highest BCUT2D eigenvalue weighted by molar-refractivity contribution is 5.30. The Labute approximate surface area is 97.5 Å². The number of aryl methyl sites for hydroxylation is 1. The van der Waals surface area contributed by atoms with Crippen molar-refractivity contribution in [3.63, 3.8) is 0 Å². The molecule has 2 aromatic heterocycles. The van der Waals surface area contributed by atoms with Crippen LogP contribution >= 0.6 is 0 Å². The van der Waals surface area contributed by atoms with E-state index in [1.54, 1.807) is 17.0 Å². The molecule has 0 saturated carbocycles. The molecule has 7 heteroatoms. The summed E-state index contributed by atoms with van der Waals surface area (Å²) in [4.78, 5) is 19.7. The first-order chi connectivity index (χ1) is 8.31. The smallest absolute Gasteiger partial charge is 0.293 e. The summed E-state index contributed by atoms with van der Waals surface area (Å²) in [6.07, 6.45) is 5.12. The molecule has 0 aliphatic carbocycles. The zero-order valence-corrected chi connectivity index (χ0v) is 9.46. The van der Waals surface area contributed by atoms with Crippen molar-refractivity contribution in [1.29, 1.82) is 0 Å². The number of nitrogens with one attached hydrogen (secondary N) is 1. The molecule has 0 aromatic carbocycles. The van der Waals surface area contributed by atoms with Crippen LogP contribution in [-0.2, 0) is 13.0 Å². The van der Waals surface area contributed by atoms with Gasteiger partial charge in [0, 0.05) is 31.9 Å². The van der Waals surface area contributed by atoms with Crippen LogP contribution in [0.1, 0.15) is 12.7 Å². The second-order valence-electron chi connectivity index (χ2n) is 3.39. The van der Waals surface area contributed by atoms with Crippen LogP contribution in [0.3, 0.4) is 0 Å². The lowest BCUT2D eigenvalue weighted by Gasteiger charge is -2.05. The third-order valence-electron chi connectivity index (χ3n) is 2.30. The van der Waals surface area contributed by atoms with Gasteiger partial charge in [0.1, 0.15) is 0 Å². The van der Waals surface area contributed by atoms with Crippen LogP contribution in [0.15, 0.2) is 28.1 Å². The number of hydrogen-bond acceptors (Lipinski definition) is 6. The Bertz CT molecular complexity index is 520. The molecule has 0 radical (unpaired) electrons. The molecule has 90 valence electrons. The molecule has 0 fully saturated rings. The molecular formula is C10H13N5O2. The molecule has 0 spiro atoms. The van der Waals surface area contributed by atoms with Crippen LogP contribution in [-0.4, -0.2) is 26.2 Å². The van der Waals surface area contributed by atoms with Crippen molar-refractivity contribution in [1.82, 2.24) is 19.7 Å². The molecule has 1 N–H and O–H groups in total. The minimum Gasteiger partial charge on any atom is -0.365 e. The van der Waals surface area contributed by atoms with Crippen LogP contribution in [0.4, 0.5) is 5.82 Å². The van der Waals surface area contributed by atoms with Gasteiger partial charge in [0.15, 0.2) is 11.6 Å². The van der Waals surface area contributed by atoms with Gasteiger partial charge in [-0.05, 0) is 6.92 Å². The lowest BCUT2D eigenvalue weighted by atomic mass is 10.4. The van der Waals surface area contributed by atoms with E-state index in [2.05, 4.69) is 25.0 Å². The van der Waals surface area contributed by atoms with Crippen LogP contribution in [0, 0.1) is 0 Å². The van der Waals surface area contributed by atoms with Crippen molar-refractivity contribution in [2.45, 2.75) is 19.9 Å². The number of aromatic nitrogens is 4. The summed E-state index contributed by atoms with van der Waals surface area (Å²) in [7, 11) is 0. The van der Waals surface area contributed by atoms with Crippen LogP contribution < -0.4 is 10.9 Å². The topological polar surface area (TPSA) is 85.8 Å². The maximum absolute atomic E-state index is 11.8. The Morgan fingerprint density at radius 3 is 3.06 bits per heavy atom. The number of anilines is 1. The first-order valence-electron chi connectivity index (χ1n) is 5.36. The molecule has 0 aliphatic rings. The van der Waals surface area contributed by atoms with Gasteiger partial charge in [0.2, 0.25) is 6.39 Å². The summed E-state index contributed by atoms with van der Waals surface area (Å²) in [6, 6.07) is 0. The van der Waals surface area contributed by atoms with Crippen molar-refractivity contribution < 1.29 is 4.52 Å². The number of rotatable bonds is 5. The molecule has 2 heterocycles. The van der Waals surface area contributed by atoms with E-state index in [0.717, 1.165) is 0 Å². The Morgan fingerprint density at radius 1 is 1.47 bits per heavy atom. The highest BCUT2D eigenvalue weighted by atomic mass is 16.5. The quantitative estimate of drug-likeness (QED) is 0.802. The zero-order chi connectivity index (χ0) is 12.1. The Hall–Kier alpha value is -2.18. The van der Waals surface area contributed by atoms with Crippen molar-refractivity contribution in [3.05, 3.63) is 35.0 Å². The molecule has 0 amide bonds. The van der Waals surface area contributed by atoms with Gasteiger partial charge in [-0.3, -0.25) is 4.79 Å². The van der Waals surface area contributed by atoms with Gasteiger partial charge < -0.3 is 14.4 Å². The van der Waals surface area contributed by atoms with E-state index in [0.29, 0.717) is 31.2 Å². The summed E-state index contributed by atoms with van der Waals surface area (Å²) in [6.45, 7) is 3.07. The SMILES string of the molecule is CCn1ccnc(NCCc2ncon2)c1=O. The number of hydrogen-bond donors (Lipinski definition) is 1. The lowest BCUT2D eigenvalue weighted by molar-refractivity contribution is 0.410. The summed E-state index contributed by atoms with van der Waals surface area (Å²) >= 11 is 0. The highest BCUT2D eigenvalue weighted by Gasteiger charge is 2.03. The van der Waals surface area contributed by atoms with E-state index in [1.807, 2.05) is 6.92 Å². The molecule has 0 atom stereocenters. The van der Waals surface area contributed by atoms with Crippen molar-refractivity contribution in [2.24, 2.45) is 0 Å². The monoisotopic (exact) mass is 235 g/mol. The van der Waals surface area contributed by atoms with Crippen LogP contribution in [0.2, 0.25) is 0 Å². The summed E-state index contributed by atoms with van der Waals surface area (Å²) in [5, 5.41) is 6.63. The van der Waals surface area contributed by atoms with Crippen molar-refractivity contribution in [2.75, 3.05) is 11.9 Å². The Balaban J connectivity index is 1.97. The maximum Gasteiger partial charge on any atom is 0.293 e. The normalized spacial score (nSPS) is 10.4. The van der Waals surface area contributed by atoms with Crippen molar-refractivity contribution in [3.8, 4) is 0 Å². The molecule has 2 rings (SSSR count). The van der Waals surface area contributed by atoms with E-state index < -0.39 is 0 Å². The third kappa shape index (κ3) is 2.68. The van der Waals surface area contributed by atoms with E-state index in [9.17, 15) is 4.79 Å². The molecular weight excluding hydrogens is 222 g/mol. The molecule has 0 bridgehead atoms. The van der Waals surface area contributed by atoms with E-state index in [4.69, 9.17) is 0 Å². The molecule has 0 unspecified atom stereocenters. The van der Waals surface area contributed by atoms with Crippen LogP contribution in [0.25, 0.3) is 0 Å². The maximum atomic E-state index is 11.8. The Morgan fingerprint density at radius 2 is 2.35 bits per heavy atom. The van der Waals surface area contributed by atoms with Gasteiger partial charge in [-0.1, -0.05) is 5.16 Å². The van der Waals surface area contributed by atoms with E-state index in [-0.39, 0.29) is 5.56 Å². The highest BCUT2D eigenvalue weighted by Crippen LogP contribution is 1.95. The van der Waals surface area contributed by atoms with E-state index in [1.165, 1.54) is 6.39 Å². The predicted octanol–water partition coefficient (Wildman–Crippen LogP) is 0.301. The lowest BCUT2D eigenvalue weighted by Crippen LogP contribution is -2.24. The fourth-order valence-electron chi connectivity index (χ4n) is 1.41. The van der Waals surface area contributed by atoms with Gasteiger partial charge >= 0.3 is 0 Å². The first-order valence-corrected chi connectivity index (χ1v) is 5.36. The molecule has 0 aliphatic heterocycles. The third-order valence-corrected chi connectivity index (χ3v) is 2.30. The first kappa shape index (κ1) is 11.3. The molecule has 17 heavy (non-hydrogen) atoms. The van der Waals surface area contributed by atoms with Crippen LogP contribution in [0.5, 0.6) is 0 Å². The summed E-state index contributed by atoms with van der Waals surface area (Å²) in [5.41, 5.74) is -0.122. The van der Waals surface area contributed by atoms with Gasteiger partial charge in [-0.15, -0.1) is 0 Å². The largest absolute Gasteiger partial charge is 0.365 e. The minimum atomic E-state index is -0.122. The average Bonchev–Trinajstić information content (AvgIpc) is 2.84. The van der Waals surface area contributed by atoms with Gasteiger partial charge in [-0.2, -0.15) is 4.98 Å². The second kappa shape index (κ2) is 5.24. The van der Waals surface area contributed by atoms with Gasteiger partial charge in [0.05, 0.1) is 0 Å². The summed E-state index contributed by atoms with van der Waals surface area (Å²) < 4.78 is 6.19. The Kier molecular flexibility index (Phi) is 3.49. The number of nitrogens with zero attached hydrogens (tertiary/aromatic N) is 4. The van der Waals surface area contributed by atoms with E-state index >= 15 is 0 Å². The fourth-order valence-corrected chi connectivity index (χ4v) is 1.41. The molecule has 0 saturated heterocycles. The standard InChI is InChI=1S/C10H13N5O2/c1-2-15-6-5-12-9(10(15)16)11-4-3-8-13-7-17-14-8/h5-7H,2-4H2,1H3,(H,11,12).